The van der Waals surface area contributed by atoms with Gasteiger partial charge in [-0.25, -0.2) is 24.5 Å². The zero-order valence-electron chi connectivity index (χ0n) is 22.7. The maximum atomic E-state index is 12.8. The highest BCUT2D eigenvalue weighted by Gasteiger charge is 2.28. The van der Waals surface area contributed by atoms with Gasteiger partial charge in [-0.3, -0.25) is 15.5 Å². The maximum Gasteiger partial charge on any atom is 0.412 e. The molecule has 0 saturated carbocycles. The van der Waals surface area contributed by atoms with Gasteiger partial charge in [-0.2, -0.15) is 4.98 Å². The topological polar surface area (TPSA) is 147 Å². The summed E-state index contributed by atoms with van der Waals surface area (Å²) in [5.74, 6) is 1.58. The average molecular weight is 544 g/mol. The summed E-state index contributed by atoms with van der Waals surface area (Å²) in [5, 5.41) is 5.45. The summed E-state index contributed by atoms with van der Waals surface area (Å²) < 4.78 is 16.1. The molecule has 2 saturated heterocycles. The lowest BCUT2D eigenvalue weighted by molar-refractivity contribution is -0.00742. The highest BCUT2D eigenvalue weighted by molar-refractivity contribution is 5.88. The van der Waals surface area contributed by atoms with Crippen LogP contribution in [0.1, 0.15) is 26.7 Å². The third-order valence-corrected chi connectivity index (χ3v) is 6.69. The van der Waals surface area contributed by atoms with E-state index in [0.29, 0.717) is 62.4 Å². The molecule has 2 N–H and O–H groups in total. The van der Waals surface area contributed by atoms with Crippen molar-refractivity contribution in [2.24, 2.45) is 0 Å². The van der Waals surface area contributed by atoms with Gasteiger partial charge in [0, 0.05) is 45.5 Å². The number of amides is 3. The Kier molecular flexibility index (Phi) is 10.0. The van der Waals surface area contributed by atoms with Crippen molar-refractivity contribution in [3.63, 3.8) is 0 Å². The van der Waals surface area contributed by atoms with Crippen LogP contribution in [0.25, 0.3) is 0 Å². The Hall–Kier alpha value is -3.78. The molecule has 0 aromatic carbocycles. The monoisotopic (exact) mass is 543 g/mol. The van der Waals surface area contributed by atoms with Gasteiger partial charge < -0.3 is 24.0 Å². The number of morpholine rings is 1. The van der Waals surface area contributed by atoms with Crippen LogP contribution < -0.4 is 20.3 Å². The molecule has 2 atom stereocenters. The van der Waals surface area contributed by atoms with Crippen LogP contribution in [0.5, 0.6) is 5.88 Å². The Morgan fingerprint density at radius 3 is 2.82 bits per heavy atom. The minimum atomic E-state index is -0.564. The van der Waals surface area contributed by atoms with Crippen LogP contribution >= 0.6 is 0 Å². The lowest BCUT2D eigenvalue weighted by Crippen LogP contribution is -2.50. The molecule has 212 valence electrons. The first-order valence-electron chi connectivity index (χ1n) is 13.2. The molecule has 2 aliphatic rings. The number of aromatic nitrogens is 4. The van der Waals surface area contributed by atoms with Crippen LogP contribution in [0.3, 0.4) is 0 Å². The second-order valence-corrected chi connectivity index (χ2v) is 9.42. The first-order chi connectivity index (χ1) is 18.9. The zero-order chi connectivity index (χ0) is 27.6. The molecule has 39 heavy (non-hydrogen) atoms. The minimum Gasteiger partial charge on any atom is -0.477 e. The molecule has 3 amide bonds. The lowest BCUT2D eigenvalue weighted by Gasteiger charge is -2.37. The Balaban J connectivity index is 1.26. The van der Waals surface area contributed by atoms with E-state index in [2.05, 4.69) is 42.4 Å². The number of rotatable bonds is 9. The molecular weight excluding hydrogens is 506 g/mol. The highest BCUT2D eigenvalue weighted by atomic mass is 16.5. The Morgan fingerprint density at radius 1 is 1.18 bits per heavy atom. The summed E-state index contributed by atoms with van der Waals surface area (Å²) in [5.41, 5.74) is 0. The van der Waals surface area contributed by atoms with E-state index in [4.69, 9.17) is 14.2 Å². The zero-order valence-corrected chi connectivity index (χ0v) is 22.7. The largest absolute Gasteiger partial charge is 0.477 e. The molecule has 4 rings (SSSR count). The van der Waals surface area contributed by atoms with E-state index in [1.165, 1.54) is 12.4 Å². The van der Waals surface area contributed by atoms with Crippen molar-refractivity contribution in [3.8, 4) is 5.88 Å². The van der Waals surface area contributed by atoms with Crippen LogP contribution in [0.15, 0.2) is 24.7 Å². The van der Waals surface area contributed by atoms with E-state index in [0.717, 1.165) is 25.9 Å². The molecule has 0 radical (unpaired) electrons. The van der Waals surface area contributed by atoms with Gasteiger partial charge >= 0.3 is 12.1 Å². The molecular formula is C25H37N9O5. The molecule has 0 spiro atoms. The molecule has 14 nitrogen and oxygen atoms in total. The van der Waals surface area contributed by atoms with Gasteiger partial charge in [0.25, 0.3) is 0 Å². The molecule has 14 heteroatoms. The van der Waals surface area contributed by atoms with Crippen LogP contribution in [0.4, 0.5) is 27.2 Å². The van der Waals surface area contributed by atoms with E-state index in [1.54, 1.807) is 24.2 Å². The number of anilines is 3. The molecule has 2 aromatic heterocycles. The standard InChI is InChI=1S/C25H37N9O5/c1-4-38-22-15-27-21(14-28-22)30-24(35)32(3)19-6-5-9-34(16-19)23-26-8-7-20(29-23)31-25(36)39-13-11-33-10-12-37-17-18(33)2/h7-8,14-15,18-19H,4-6,9-13,16-17H2,1-3H3,(H,27,30,35)(H,26,29,31,36)/t18-,19-/m1/s1. The van der Waals surface area contributed by atoms with Crippen LogP contribution in [0.2, 0.25) is 0 Å². The van der Waals surface area contributed by atoms with E-state index >= 15 is 0 Å². The van der Waals surface area contributed by atoms with Gasteiger partial charge in [0.2, 0.25) is 11.8 Å². The molecule has 0 aliphatic carbocycles. The van der Waals surface area contributed by atoms with Crippen molar-refractivity contribution >= 4 is 29.7 Å². The molecule has 2 aromatic rings. The Morgan fingerprint density at radius 2 is 2.05 bits per heavy atom. The van der Waals surface area contributed by atoms with Crippen LogP contribution in [-0.2, 0) is 9.47 Å². The second-order valence-electron chi connectivity index (χ2n) is 9.42. The van der Waals surface area contributed by atoms with Gasteiger partial charge in [0.05, 0.1) is 38.3 Å². The number of urea groups is 1. The SMILES string of the molecule is CCOc1cnc(NC(=O)N(C)[C@@H]2CCCN(c3nccc(NC(=O)OCCN4CCOC[C@H]4C)n3)C2)cn1. The average Bonchev–Trinajstić information content (AvgIpc) is 2.95. The maximum absolute atomic E-state index is 12.8. The quantitative estimate of drug-likeness (QED) is 0.479. The molecule has 0 bridgehead atoms. The van der Waals surface area contributed by atoms with E-state index < -0.39 is 6.09 Å². The number of piperidine rings is 1. The fourth-order valence-electron chi connectivity index (χ4n) is 4.48. The number of likely N-dealkylation sites (N-methyl/N-ethyl adjacent to an activating group) is 1. The van der Waals surface area contributed by atoms with Crippen LogP contribution in [-0.4, -0.2) is 114 Å². The first kappa shape index (κ1) is 28.2. The summed E-state index contributed by atoms with van der Waals surface area (Å²) in [6, 6.07) is 1.57. The number of hydrogen-bond donors (Lipinski definition) is 2. The van der Waals surface area contributed by atoms with Crippen molar-refractivity contribution in [3.05, 3.63) is 24.7 Å². The summed E-state index contributed by atoms with van der Waals surface area (Å²) >= 11 is 0. The number of nitrogens with one attached hydrogen (secondary N) is 2. The normalized spacial score (nSPS) is 19.7. The Bertz CT molecular complexity index is 1090. The number of nitrogens with zero attached hydrogens (tertiary/aromatic N) is 7. The third kappa shape index (κ3) is 8.10. The molecule has 2 fully saturated rings. The summed E-state index contributed by atoms with van der Waals surface area (Å²) in [6.07, 6.45) is 5.66. The van der Waals surface area contributed by atoms with Crippen molar-refractivity contribution in [2.75, 3.05) is 75.2 Å². The van der Waals surface area contributed by atoms with E-state index in [-0.39, 0.29) is 18.7 Å². The van der Waals surface area contributed by atoms with E-state index in [9.17, 15) is 9.59 Å². The fourth-order valence-corrected chi connectivity index (χ4v) is 4.48. The van der Waals surface area contributed by atoms with E-state index in [1.807, 2.05) is 11.8 Å². The predicted octanol–water partition coefficient (Wildman–Crippen LogP) is 2.07. The number of ether oxygens (including phenoxy) is 3. The third-order valence-electron chi connectivity index (χ3n) is 6.69. The van der Waals surface area contributed by atoms with Crippen molar-refractivity contribution in [1.29, 1.82) is 0 Å². The number of hydrogen-bond acceptors (Lipinski definition) is 11. The number of carbonyl (C=O) groups is 2. The van der Waals surface area contributed by atoms with Gasteiger partial charge in [-0.05, 0) is 32.8 Å². The van der Waals surface area contributed by atoms with Gasteiger partial charge in [-0.1, -0.05) is 0 Å². The van der Waals surface area contributed by atoms with Crippen molar-refractivity contribution in [2.45, 2.75) is 38.8 Å². The van der Waals surface area contributed by atoms with Crippen molar-refractivity contribution < 1.29 is 23.8 Å². The van der Waals surface area contributed by atoms with Gasteiger partial charge in [0.1, 0.15) is 12.4 Å². The lowest BCUT2D eigenvalue weighted by atomic mass is 10.1. The highest BCUT2D eigenvalue weighted by Crippen LogP contribution is 2.21. The summed E-state index contributed by atoms with van der Waals surface area (Å²) in [7, 11) is 1.75. The second kappa shape index (κ2) is 13.8. The smallest absolute Gasteiger partial charge is 0.412 e. The molecule has 0 unspecified atom stereocenters. The first-order valence-corrected chi connectivity index (χ1v) is 13.2. The fraction of sp³-hybridized carbons (Fsp3) is 0.600. The summed E-state index contributed by atoms with van der Waals surface area (Å²) in [4.78, 5) is 48.2. The molecule has 2 aliphatic heterocycles. The van der Waals surface area contributed by atoms with Gasteiger partial charge in [-0.15, -0.1) is 0 Å². The predicted molar refractivity (Wildman–Crippen MR) is 144 cm³/mol. The summed E-state index contributed by atoms with van der Waals surface area (Å²) in [6.45, 7) is 8.85. The number of carbonyl (C=O) groups excluding carboxylic acids is 2. The van der Waals surface area contributed by atoms with Gasteiger partial charge in [0.15, 0.2) is 5.82 Å². The minimum absolute atomic E-state index is 0.0674. The Labute approximate surface area is 228 Å². The molecule has 4 heterocycles. The van der Waals surface area contributed by atoms with Crippen LogP contribution in [0, 0.1) is 0 Å². The van der Waals surface area contributed by atoms with Crippen molar-refractivity contribution in [1.82, 2.24) is 29.7 Å².